The average Bonchev–Trinajstić information content (AvgIpc) is 3.44. The number of amides is 1. The molecule has 0 N–H and O–H groups in total. The van der Waals surface area contributed by atoms with Gasteiger partial charge in [-0.15, -0.1) is 10.2 Å². The van der Waals surface area contributed by atoms with E-state index in [4.69, 9.17) is 10.7 Å². The van der Waals surface area contributed by atoms with Crippen LogP contribution in [0.15, 0.2) is 47.5 Å². The lowest BCUT2D eigenvalue weighted by Gasteiger charge is -2.21. The van der Waals surface area contributed by atoms with Gasteiger partial charge in [0.2, 0.25) is 5.82 Å². The second kappa shape index (κ2) is 7.69. The van der Waals surface area contributed by atoms with Gasteiger partial charge in [-0.3, -0.25) is 9.20 Å². The molecule has 0 bridgehead atoms. The number of nitrogens with zero attached hydrogens (tertiary/aromatic N) is 4. The molecule has 3 aromatic rings. The monoisotopic (exact) mass is 498 g/mol. The fourth-order valence-corrected chi connectivity index (χ4v) is 5.87. The standard InChI is InChI=1S/C21H18ClF3N4O3S/c22-33(31,32)15-5-6-18-26-27-19(29(18)11-15)20(30)28-9-13-7-12(8-14(13)10-28)16-3-1-2-4-17(16)21(23,24)25/h1-6,11-14H,7-10H2/t12-,13+,14-. The van der Waals surface area contributed by atoms with Gasteiger partial charge in [-0.25, -0.2) is 8.42 Å². The predicted octanol–water partition coefficient (Wildman–Crippen LogP) is 3.94. The molecule has 1 saturated carbocycles. The zero-order valence-corrected chi connectivity index (χ0v) is 18.6. The van der Waals surface area contributed by atoms with E-state index in [-0.39, 0.29) is 28.5 Å². The summed E-state index contributed by atoms with van der Waals surface area (Å²) < 4.78 is 64.9. The van der Waals surface area contributed by atoms with Gasteiger partial charge < -0.3 is 4.90 Å². The molecule has 2 fully saturated rings. The number of aromatic nitrogens is 3. The first-order valence-electron chi connectivity index (χ1n) is 10.3. The van der Waals surface area contributed by atoms with Crippen molar-refractivity contribution in [1.82, 2.24) is 19.5 Å². The van der Waals surface area contributed by atoms with Crippen molar-refractivity contribution in [3.05, 3.63) is 59.5 Å². The predicted molar refractivity (Wildman–Crippen MR) is 112 cm³/mol. The summed E-state index contributed by atoms with van der Waals surface area (Å²) in [4.78, 5) is 14.5. The molecule has 2 aliphatic rings. The van der Waals surface area contributed by atoms with Crippen LogP contribution in [0.25, 0.3) is 5.65 Å². The molecule has 2 aromatic heterocycles. The summed E-state index contributed by atoms with van der Waals surface area (Å²) in [6.45, 7) is 0.799. The fourth-order valence-electron chi connectivity index (χ4n) is 5.13. The molecule has 1 aromatic carbocycles. The van der Waals surface area contributed by atoms with E-state index in [9.17, 15) is 26.4 Å². The van der Waals surface area contributed by atoms with Gasteiger partial charge in [-0.05, 0) is 54.4 Å². The highest BCUT2D eigenvalue weighted by molar-refractivity contribution is 8.13. The van der Waals surface area contributed by atoms with Gasteiger partial charge in [0.1, 0.15) is 0 Å². The Balaban J connectivity index is 1.35. The number of alkyl halides is 3. The summed E-state index contributed by atoms with van der Waals surface area (Å²) in [6.07, 6.45) is -2.07. The number of carbonyl (C=O) groups is 1. The Hall–Kier alpha value is -2.66. The SMILES string of the molecule is O=C(c1nnc2ccc(S(=O)(=O)Cl)cn12)N1C[C@H]2C[C@H](c3ccccc3C(F)(F)F)C[C@H]2C1. The minimum Gasteiger partial charge on any atom is -0.335 e. The minimum absolute atomic E-state index is 0.0360. The van der Waals surface area contributed by atoms with Gasteiger partial charge in [0, 0.05) is 30.0 Å². The normalized spacial score (nSPS) is 23.3. The van der Waals surface area contributed by atoms with Gasteiger partial charge in [0.15, 0.2) is 5.65 Å². The summed E-state index contributed by atoms with van der Waals surface area (Å²) in [6, 6.07) is 8.36. The quantitative estimate of drug-likeness (QED) is 0.511. The summed E-state index contributed by atoms with van der Waals surface area (Å²) >= 11 is 0. The van der Waals surface area contributed by atoms with Gasteiger partial charge in [-0.2, -0.15) is 13.2 Å². The Bertz CT molecular complexity index is 1340. The largest absolute Gasteiger partial charge is 0.416 e. The highest BCUT2D eigenvalue weighted by Gasteiger charge is 2.45. The van der Waals surface area contributed by atoms with Crippen LogP contribution in [0.2, 0.25) is 0 Å². The maximum Gasteiger partial charge on any atom is 0.416 e. The molecule has 174 valence electrons. The van der Waals surface area contributed by atoms with E-state index in [1.807, 2.05) is 0 Å². The first kappa shape index (κ1) is 22.1. The minimum atomic E-state index is -4.40. The third-order valence-electron chi connectivity index (χ3n) is 6.59. The second-order valence-corrected chi connectivity index (χ2v) is 11.1. The lowest BCUT2D eigenvalue weighted by Crippen LogP contribution is -2.31. The highest BCUT2D eigenvalue weighted by Crippen LogP contribution is 2.49. The van der Waals surface area contributed by atoms with Gasteiger partial charge in [0.25, 0.3) is 15.0 Å². The maximum atomic E-state index is 13.4. The highest BCUT2D eigenvalue weighted by atomic mass is 35.7. The van der Waals surface area contributed by atoms with Crippen LogP contribution in [-0.2, 0) is 15.2 Å². The van der Waals surface area contributed by atoms with Crippen molar-refractivity contribution in [3.8, 4) is 0 Å². The lowest BCUT2D eigenvalue weighted by molar-refractivity contribution is -0.138. The van der Waals surface area contributed by atoms with Crippen molar-refractivity contribution in [2.75, 3.05) is 13.1 Å². The molecule has 12 heteroatoms. The Morgan fingerprint density at radius 2 is 1.70 bits per heavy atom. The molecule has 1 amide bonds. The smallest absolute Gasteiger partial charge is 0.335 e. The Morgan fingerprint density at radius 3 is 2.33 bits per heavy atom. The molecule has 0 radical (unpaired) electrons. The third-order valence-corrected chi connectivity index (χ3v) is 7.93. The summed E-state index contributed by atoms with van der Waals surface area (Å²) in [5.74, 6) is -0.490. The van der Waals surface area contributed by atoms with Crippen LogP contribution in [0.1, 0.15) is 40.5 Å². The molecular weight excluding hydrogens is 481 g/mol. The zero-order valence-electron chi connectivity index (χ0n) is 17.0. The Morgan fingerprint density at radius 1 is 1.03 bits per heavy atom. The van der Waals surface area contributed by atoms with E-state index in [1.54, 1.807) is 17.0 Å². The van der Waals surface area contributed by atoms with E-state index in [0.717, 1.165) is 6.07 Å². The number of likely N-dealkylation sites (tertiary alicyclic amines) is 1. The van der Waals surface area contributed by atoms with Crippen molar-refractivity contribution in [2.45, 2.75) is 29.8 Å². The van der Waals surface area contributed by atoms with Crippen LogP contribution in [-0.4, -0.2) is 46.9 Å². The van der Waals surface area contributed by atoms with Crippen LogP contribution in [0.4, 0.5) is 13.2 Å². The van der Waals surface area contributed by atoms with Crippen LogP contribution >= 0.6 is 10.7 Å². The van der Waals surface area contributed by atoms with Gasteiger partial charge >= 0.3 is 6.18 Å². The van der Waals surface area contributed by atoms with E-state index >= 15 is 0 Å². The molecule has 0 unspecified atom stereocenters. The summed E-state index contributed by atoms with van der Waals surface area (Å²) in [7, 11) is 1.40. The third kappa shape index (κ3) is 3.97. The first-order chi connectivity index (χ1) is 15.5. The topological polar surface area (TPSA) is 84.6 Å². The van der Waals surface area contributed by atoms with Crippen molar-refractivity contribution in [1.29, 1.82) is 0 Å². The Labute approximate surface area is 191 Å². The molecule has 0 spiro atoms. The van der Waals surface area contributed by atoms with Gasteiger partial charge in [-0.1, -0.05) is 18.2 Å². The molecular formula is C21H18ClF3N4O3S. The number of halogens is 4. The fraction of sp³-hybridized carbons (Fsp3) is 0.381. The second-order valence-electron chi connectivity index (χ2n) is 8.54. The number of pyridine rings is 1. The molecule has 1 aliphatic heterocycles. The lowest BCUT2D eigenvalue weighted by atomic mass is 9.91. The van der Waals surface area contributed by atoms with Crippen molar-refractivity contribution < 1.29 is 26.4 Å². The van der Waals surface area contributed by atoms with E-state index in [2.05, 4.69) is 10.2 Å². The molecule has 33 heavy (non-hydrogen) atoms. The van der Waals surface area contributed by atoms with Crippen LogP contribution in [0.5, 0.6) is 0 Å². The number of fused-ring (bicyclic) bond motifs is 2. The molecule has 1 aliphatic carbocycles. The van der Waals surface area contributed by atoms with E-state index in [0.29, 0.717) is 37.1 Å². The molecule has 3 atom stereocenters. The van der Waals surface area contributed by atoms with Crippen molar-refractivity contribution >= 4 is 31.3 Å². The number of benzene rings is 1. The van der Waals surface area contributed by atoms with E-state index < -0.39 is 26.7 Å². The average molecular weight is 499 g/mol. The van der Waals surface area contributed by atoms with Crippen molar-refractivity contribution in [2.24, 2.45) is 11.8 Å². The molecule has 7 nitrogen and oxygen atoms in total. The number of hydrogen-bond donors (Lipinski definition) is 0. The number of rotatable bonds is 3. The van der Waals surface area contributed by atoms with Gasteiger partial charge in [0.05, 0.1) is 10.5 Å². The number of hydrogen-bond acceptors (Lipinski definition) is 5. The summed E-state index contributed by atoms with van der Waals surface area (Å²) in [5, 5.41) is 7.83. The molecule has 1 saturated heterocycles. The molecule has 3 heterocycles. The Kier molecular flexibility index (Phi) is 5.16. The van der Waals surface area contributed by atoms with Crippen molar-refractivity contribution in [3.63, 3.8) is 0 Å². The maximum absolute atomic E-state index is 13.4. The van der Waals surface area contributed by atoms with Crippen LogP contribution in [0.3, 0.4) is 0 Å². The molecule has 5 rings (SSSR count). The van der Waals surface area contributed by atoms with E-state index in [1.165, 1.54) is 28.8 Å². The van der Waals surface area contributed by atoms with Crippen LogP contribution in [0, 0.1) is 11.8 Å². The summed E-state index contributed by atoms with van der Waals surface area (Å²) in [5.41, 5.74) is 0.0176. The van der Waals surface area contributed by atoms with Crippen LogP contribution < -0.4 is 0 Å². The zero-order chi connectivity index (χ0) is 23.5. The first-order valence-corrected chi connectivity index (χ1v) is 12.6. The number of carbonyl (C=O) groups excluding carboxylic acids is 1.